The summed E-state index contributed by atoms with van der Waals surface area (Å²) in [6.07, 6.45) is 0.983. The smallest absolute Gasteiger partial charge is 0.315 e. The van der Waals surface area contributed by atoms with E-state index in [0.717, 1.165) is 17.7 Å². The second-order valence-electron chi connectivity index (χ2n) is 7.85. The van der Waals surface area contributed by atoms with Crippen LogP contribution in [0.4, 0.5) is 14.8 Å². The Balaban J connectivity index is 0.00000106. The van der Waals surface area contributed by atoms with Crippen LogP contribution in [0.15, 0.2) is 28.7 Å². The second kappa shape index (κ2) is 7.85. The van der Waals surface area contributed by atoms with Crippen LogP contribution < -0.4 is 10.1 Å². The van der Waals surface area contributed by atoms with E-state index in [4.69, 9.17) is 9.15 Å². The molecule has 162 valence electrons. The number of amides is 1. The SMILES string of the molecule is CC.O=C(CNc1nnc(C2COc3ccccc3C2)o1)N1CCC2(C1)CC2(F)F. The van der Waals surface area contributed by atoms with Crippen LogP contribution in [0, 0.1) is 5.41 Å². The van der Waals surface area contributed by atoms with Gasteiger partial charge in [0.2, 0.25) is 11.8 Å². The van der Waals surface area contributed by atoms with Crippen molar-refractivity contribution in [3.05, 3.63) is 35.7 Å². The van der Waals surface area contributed by atoms with Crippen molar-refractivity contribution in [3.8, 4) is 5.75 Å². The van der Waals surface area contributed by atoms with Crippen LogP contribution in [0.5, 0.6) is 5.75 Å². The Morgan fingerprint density at radius 1 is 1.30 bits per heavy atom. The predicted molar refractivity (Wildman–Crippen MR) is 106 cm³/mol. The molecule has 30 heavy (non-hydrogen) atoms. The maximum atomic E-state index is 13.5. The van der Waals surface area contributed by atoms with Crippen molar-refractivity contribution in [2.45, 2.75) is 45.0 Å². The number of likely N-dealkylation sites (tertiary alicyclic amines) is 1. The van der Waals surface area contributed by atoms with Crippen LogP contribution in [0.3, 0.4) is 0 Å². The zero-order valence-electron chi connectivity index (χ0n) is 17.2. The summed E-state index contributed by atoms with van der Waals surface area (Å²) in [7, 11) is 0. The topological polar surface area (TPSA) is 80.5 Å². The minimum absolute atomic E-state index is 0.0517. The Kier molecular flexibility index (Phi) is 5.38. The first-order valence-electron chi connectivity index (χ1n) is 10.4. The molecule has 2 aromatic rings. The summed E-state index contributed by atoms with van der Waals surface area (Å²) >= 11 is 0. The number of para-hydroxylation sites is 1. The maximum absolute atomic E-state index is 13.5. The Bertz CT molecular complexity index is 919. The number of aromatic nitrogens is 2. The Labute approximate surface area is 173 Å². The summed E-state index contributed by atoms with van der Waals surface area (Å²) in [6.45, 7) is 4.87. The number of nitrogens with one attached hydrogen (secondary N) is 1. The fourth-order valence-electron chi connectivity index (χ4n) is 4.13. The van der Waals surface area contributed by atoms with Gasteiger partial charge in [0.15, 0.2) is 0 Å². The Hall–Kier alpha value is -2.71. The first kappa shape index (κ1) is 20.6. The van der Waals surface area contributed by atoms with Crippen molar-refractivity contribution in [2.24, 2.45) is 5.41 Å². The zero-order valence-corrected chi connectivity index (χ0v) is 17.2. The van der Waals surface area contributed by atoms with E-state index >= 15 is 0 Å². The fraction of sp³-hybridized carbons (Fsp3) is 0.571. The number of halogens is 2. The van der Waals surface area contributed by atoms with Gasteiger partial charge in [0, 0.05) is 19.5 Å². The lowest BCUT2D eigenvalue weighted by Crippen LogP contribution is -2.34. The molecule has 5 rings (SSSR count). The quantitative estimate of drug-likeness (QED) is 0.816. The molecule has 1 aromatic carbocycles. The maximum Gasteiger partial charge on any atom is 0.315 e. The lowest BCUT2D eigenvalue weighted by molar-refractivity contribution is -0.128. The number of carbonyl (C=O) groups excluding carboxylic acids is 1. The molecule has 1 saturated carbocycles. The van der Waals surface area contributed by atoms with Gasteiger partial charge >= 0.3 is 6.01 Å². The molecule has 1 spiro atoms. The molecule has 2 aliphatic heterocycles. The van der Waals surface area contributed by atoms with Gasteiger partial charge in [-0.2, -0.15) is 0 Å². The minimum atomic E-state index is -2.63. The number of benzene rings is 1. The molecule has 1 aromatic heterocycles. The monoisotopic (exact) mass is 420 g/mol. The van der Waals surface area contributed by atoms with Crippen molar-refractivity contribution in [1.82, 2.24) is 15.1 Å². The van der Waals surface area contributed by atoms with E-state index in [1.807, 2.05) is 38.1 Å². The molecule has 2 unspecified atom stereocenters. The van der Waals surface area contributed by atoms with Crippen molar-refractivity contribution in [1.29, 1.82) is 0 Å². The summed E-state index contributed by atoms with van der Waals surface area (Å²) in [5.74, 6) is -1.61. The molecule has 0 bridgehead atoms. The molecule has 1 aliphatic carbocycles. The molecule has 7 nitrogen and oxygen atoms in total. The highest BCUT2D eigenvalue weighted by Crippen LogP contribution is 2.65. The van der Waals surface area contributed by atoms with Crippen molar-refractivity contribution < 1.29 is 22.7 Å². The van der Waals surface area contributed by atoms with Gasteiger partial charge in [-0.3, -0.25) is 4.79 Å². The standard InChI is InChI=1S/C19H20F2N4O3.C2H6/c20-19(21)10-18(19)5-6-25(11-18)15(26)8-22-17-24-23-16(28-17)13-7-12-3-1-2-4-14(12)27-9-13;1-2/h1-4,13H,5-11H2,(H,22,24);1-2H3. The number of carbonyl (C=O) groups is 1. The number of hydrogen-bond acceptors (Lipinski definition) is 6. The Morgan fingerprint density at radius 2 is 2.07 bits per heavy atom. The number of alkyl halides is 2. The van der Waals surface area contributed by atoms with E-state index < -0.39 is 11.3 Å². The number of anilines is 1. The van der Waals surface area contributed by atoms with Crippen molar-refractivity contribution in [2.75, 3.05) is 31.6 Å². The highest BCUT2D eigenvalue weighted by Gasteiger charge is 2.72. The van der Waals surface area contributed by atoms with Crippen LogP contribution in [0.1, 0.15) is 44.1 Å². The van der Waals surface area contributed by atoms with Crippen molar-refractivity contribution in [3.63, 3.8) is 0 Å². The van der Waals surface area contributed by atoms with E-state index in [0.29, 0.717) is 25.5 Å². The van der Waals surface area contributed by atoms with Gasteiger partial charge in [-0.15, -0.1) is 5.10 Å². The normalized spacial score (nSPS) is 25.7. The first-order valence-corrected chi connectivity index (χ1v) is 10.4. The molecule has 2 atom stereocenters. The third kappa shape index (κ3) is 3.73. The third-order valence-electron chi connectivity index (χ3n) is 5.98. The van der Waals surface area contributed by atoms with Gasteiger partial charge in [-0.25, -0.2) is 8.78 Å². The van der Waals surface area contributed by atoms with Crippen LogP contribution >= 0.6 is 0 Å². The van der Waals surface area contributed by atoms with Crippen LogP contribution in [0.25, 0.3) is 0 Å². The van der Waals surface area contributed by atoms with Crippen LogP contribution in [-0.4, -0.2) is 53.2 Å². The number of nitrogens with zero attached hydrogens (tertiary/aromatic N) is 3. The molecule has 1 amide bonds. The molecule has 0 radical (unpaired) electrons. The summed E-state index contributed by atoms with van der Waals surface area (Å²) in [5.41, 5.74) is 0.0962. The van der Waals surface area contributed by atoms with E-state index in [-0.39, 0.29) is 37.4 Å². The largest absolute Gasteiger partial charge is 0.492 e. The van der Waals surface area contributed by atoms with Gasteiger partial charge in [0.25, 0.3) is 5.92 Å². The number of ether oxygens (including phenoxy) is 1. The van der Waals surface area contributed by atoms with Gasteiger partial charge in [-0.05, 0) is 24.5 Å². The molecule has 1 saturated heterocycles. The minimum Gasteiger partial charge on any atom is -0.492 e. The van der Waals surface area contributed by atoms with Gasteiger partial charge in [0.1, 0.15) is 12.4 Å². The lowest BCUT2D eigenvalue weighted by Gasteiger charge is -2.22. The van der Waals surface area contributed by atoms with E-state index in [1.165, 1.54) is 4.90 Å². The molecule has 1 N–H and O–H groups in total. The summed E-state index contributed by atoms with van der Waals surface area (Å²) in [5, 5.41) is 10.8. The molecule has 9 heteroatoms. The number of fused-ring (bicyclic) bond motifs is 1. The van der Waals surface area contributed by atoms with Gasteiger partial charge < -0.3 is 19.4 Å². The van der Waals surface area contributed by atoms with E-state index in [1.54, 1.807) is 0 Å². The van der Waals surface area contributed by atoms with Gasteiger partial charge in [-0.1, -0.05) is 37.1 Å². The Morgan fingerprint density at radius 3 is 2.80 bits per heavy atom. The van der Waals surface area contributed by atoms with Crippen LogP contribution in [-0.2, 0) is 11.2 Å². The molecular formula is C21H26F2N4O3. The average Bonchev–Trinajstić information content (AvgIpc) is 3.16. The second-order valence-corrected chi connectivity index (χ2v) is 7.85. The first-order chi connectivity index (χ1) is 14.5. The molecule has 2 fully saturated rings. The predicted octanol–water partition coefficient (Wildman–Crippen LogP) is 3.48. The number of rotatable bonds is 4. The summed E-state index contributed by atoms with van der Waals surface area (Å²) < 4.78 is 38.3. The zero-order chi connectivity index (χ0) is 21.4. The van der Waals surface area contributed by atoms with E-state index in [9.17, 15) is 13.6 Å². The molecular weight excluding hydrogens is 394 g/mol. The average molecular weight is 420 g/mol. The van der Waals surface area contributed by atoms with Gasteiger partial charge in [0.05, 0.1) is 17.9 Å². The highest BCUT2D eigenvalue weighted by molar-refractivity contribution is 5.80. The highest BCUT2D eigenvalue weighted by atomic mass is 19.3. The lowest BCUT2D eigenvalue weighted by atomic mass is 9.97. The summed E-state index contributed by atoms with van der Waals surface area (Å²) in [4.78, 5) is 13.8. The number of hydrogen-bond donors (Lipinski definition) is 1. The fourth-order valence-corrected chi connectivity index (χ4v) is 4.13. The van der Waals surface area contributed by atoms with Crippen LogP contribution in [0.2, 0.25) is 0 Å². The molecule has 3 aliphatic rings. The third-order valence-corrected chi connectivity index (χ3v) is 5.98. The van der Waals surface area contributed by atoms with E-state index in [2.05, 4.69) is 15.5 Å². The van der Waals surface area contributed by atoms with Crippen molar-refractivity contribution >= 4 is 11.9 Å². The molecule has 3 heterocycles. The summed E-state index contributed by atoms with van der Waals surface area (Å²) in [6, 6.07) is 7.96.